The molecule has 0 aromatic carbocycles. The van der Waals surface area contributed by atoms with E-state index in [1.54, 1.807) is 0 Å². The Morgan fingerprint density at radius 2 is 1.67 bits per heavy atom. The van der Waals surface area contributed by atoms with Gasteiger partial charge in [-0.15, -0.1) is 0 Å². The van der Waals surface area contributed by atoms with Crippen LogP contribution in [0.5, 0.6) is 0 Å². The molecule has 0 aliphatic carbocycles. The van der Waals surface area contributed by atoms with Crippen molar-refractivity contribution >= 4 is 5.91 Å². The van der Waals surface area contributed by atoms with E-state index in [4.69, 9.17) is 0 Å². The van der Waals surface area contributed by atoms with Gasteiger partial charge < -0.3 is 15.1 Å². The Balaban J connectivity index is 3.94. The van der Waals surface area contributed by atoms with E-state index < -0.39 is 0 Å². The summed E-state index contributed by atoms with van der Waals surface area (Å²) in [7, 11) is 0. The number of hydrogen-bond donors (Lipinski definition) is 1. The van der Waals surface area contributed by atoms with Crippen molar-refractivity contribution in [2.75, 3.05) is 39.3 Å². The third-order valence-electron chi connectivity index (χ3n) is 3.31. The topological polar surface area (TPSA) is 35.6 Å². The van der Waals surface area contributed by atoms with Gasteiger partial charge in [-0.05, 0) is 40.3 Å². The van der Waals surface area contributed by atoms with E-state index in [0.717, 1.165) is 39.3 Å². The van der Waals surface area contributed by atoms with E-state index >= 15 is 0 Å². The summed E-state index contributed by atoms with van der Waals surface area (Å²) >= 11 is 0. The first-order valence-electron chi connectivity index (χ1n) is 7.35. The Labute approximate surface area is 113 Å². The zero-order chi connectivity index (χ0) is 14.0. The first-order valence-corrected chi connectivity index (χ1v) is 7.35. The minimum Gasteiger partial charge on any atom is -0.342 e. The van der Waals surface area contributed by atoms with Crippen molar-refractivity contribution in [3.8, 4) is 0 Å². The number of amides is 1. The maximum absolute atomic E-state index is 12.0. The molecule has 0 heterocycles. The third-order valence-corrected chi connectivity index (χ3v) is 3.31. The monoisotopic (exact) mass is 257 g/mol. The molecule has 0 rings (SSSR count). The van der Waals surface area contributed by atoms with E-state index in [0.29, 0.717) is 0 Å². The van der Waals surface area contributed by atoms with Crippen LogP contribution in [0.2, 0.25) is 0 Å². The summed E-state index contributed by atoms with van der Waals surface area (Å²) in [6.07, 6.45) is 1.18. The first kappa shape index (κ1) is 17.4. The van der Waals surface area contributed by atoms with Crippen LogP contribution in [0.4, 0.5) is 0 Å². The predicted molar refractivity (Wildman–Crippen MR) is 77.8 cm³/mol. The van der Waals surface area contributed by atoms with E-state index in [1.165, 1.54) is 6.42 Å². The molecule has 4 nitrogen and oxygen atoms in total. The maximum atomic E-state index is 12.0. The van der Waals surface area contributed by atoms with Crippen LogP contribution in [0.1, 0.15) is 41.0 Å². The molecule has 1 N–H and O–H groups in total. The number of carbonyl (C=O) groups excluding carboxylic acids is 1. The lowest BCUT2D eigenvalue weighted by Crippen LogP contribution is -2.46. The van der Waals surface area contributed by atoms with Crippen molar-refractivity contribution in [1.29, 1.82) is 0 Å². The molecule has 0 radical (unpaired) electrons. The smallest absolute Gasteiger partial charge is 0.239 e. The van der Waals surface area contributed by atoms with Crippen molar-refractivity contribution in [2.45, 2.75) is 47.1 Å². The Bertz CT molecular complexity index is 217. The van der Waals surface area contributed by atoms with Crippen LogP contribution in [0.15, 0.2) is 0 Å². The van der Waals surface area contributed by atoms with Crippen LogP contribution < -0.4 is 5.32 Å². The molecule has 18 heavy (non-hydrogen) atoms. The molecule has 4 heteroatoms. The molecule has 0 aromatic heterocycles. The van der Waals surface area contributed by atoms with E-state index in [2.05, 4.69) is 24.1 Å². The summed E-state index contributed by atoms with van der Waals surface area (Å²) < 4.78 is 0. The first-order chi connectivity index (χ1) is 8.60. The molecule has 0 aliphatic rings. The summed E-state index contributed by atoms with van der Waals surface area (Å²) in [6, 6.07) is -0.0785. The van der Waals surface area contributed by atoms with Crippen molar-refractivity contribution in [2.24, 2.45) is 0 Å². The van der Waals surface area contributed by atoms with Crippen molar-refractivity contribution < 1.29 is 4.79 Å². The standard InChI is InChI=1S/C14H31N3O/c1-6-11-16(7-2)12-10-15-13(5)14(18)17(8-3)9-4/h13,15H,6-12H2,1-5H3. The molecule has 0 bridgehead atoms. The molecule has 1 atom stereocenters. The second kappa shape index (κ2) is 10.3. The lowest BCUT2D eigenvalue weighted by molar-refractivity contribution is -0.132. The van der Waals surface area contributed by atoms with Crippen molar-refractivity contribution in [3.05, 3.63) is 0 Å². The van der Waals surface area contributed by atoms with Gasteiger partial charge in [0.2, 0.25) is 5.91 Å². The van der Waals surface area contributed by atoms with Crippen LogP contribution in [0.3, 0.4) is 0 Å². The minimum absolute atomic E-state index is 0.0785. The number of likely N-dealkylation sites (N-methyl/N-ethyl adjacent to an activating group) is 2. The van der Waals surface area contributed by atoms with Crippen molar-refractivity contribution in [1.82, 2.24) is 15.1 Å². The second-order valence-electron chi connectivity index (χ2n) is 4.62. The largest absolute Gasteiger partial charge is 0.342 e. The average molecular weight is 257 g/mol. The van der Waals surface area contributed by atoms with Gasteiger partial charge in [-0.1, -0.05) is 13.8 Å². The Hall–Kier alpha value is -0.610. The Morgan fingerprint density at radius 3 is 2.11 bits per heavy atom. The zero-order valence-electron chi connectivity index (χ0n) is 12.8. The number of hydrogen-bond acceptors (Lipinski definition) is 3. The third kappa shape index (κ3) is 6.36. The molecule has 1 unspecified atom stereocenters. The lowest BCUT2D eigenvalue weighted by atomic mass is 10.2. The number of rotatable bonds is 10. The molecule has 0 saturated carbocycles. The van der Waals surface area contributed by atoms with Gasteiger partial charge >= 0.3 is 0 Å². The molecule has 0 aromatic rings. The zero-order valence-corrected chi connectivity index (χ0v) is 12.8. The second-order valence-corrected chi connectivity index (χ2v) is 4.62. The molecular formula is C14H31N3O. The van der Waals surface area contributed by atoms with Gasteiger partial charge in [0.25, 0.3) is 0 Å². The van der Waals surface area contributed by atoms with E-state index in [9.17, 15) is 4.79 Å². The normalized spacial score (nSPS) is 12.8. The fraction of sp³-hybridized carbons (Fsp3) is 0.929. The summed E-state index contributed by atoms with van der Waals surface area (Å²) in [6.45, 7) is 16.1. The Morgan fingerprint density at radius 1 is 1.06 bits per heavy atom. The highest BCUT2D eigenvalue weighted by Gasteiger charge is 2.17. The molecule has 1 amide bonds. The van der Waals surface area contributed by atoms with Gasteiger partial charge in [0.1, 0.15) is 0 Å². The minimum atomic E-state index is -0.0785. The highest BCUT2D eigenvalue weighted by Crippen LogP contribution is 1.95. The molecule has 0 saturated heterocycles. The summed E-state index contributed by atoms with van der Waals surface area (Å²) in [5, 5.41) is 3.32. The summed E-state index contributed by atoms with van der Waals surface area (Å²) in [5.41, 5.74) is 0. The fourth-order valence-corrected chi connectivity index (χ4v) is 2.08. The SMILES string of the molecule is CCCN(CC)CCNC(C)C(=O)N(CC)CC. The summed E-state index contributed by atoms with van der Waals surface area (Å²) in [5.74, 6) is 0.207. The lowest BCUT2D eigenvalue weighted by Gasteiger charge is -2.25. The maximum Gasteiger partial charge on any atom is 0.239 e. The van der Waals surface area contributed by atoms with Crippen LogP contribution in [-0.2, 0) is 4.79 Å². The molecule has 0 spiro atoms. The predicted octanol–water partition coefficient (Wildman–Crippen LogP) is 1.56. The van der Waals surface area contributed by atoms with Gasteiger partial charge in [-0.2, -0.15) is 0 Å². The molecular weight excluding hydrogens is 226 g/mol. The van der Waals surface area contributed by atoms with Gasteiger partial charge in [0, 0.05) is 26.2 Å². The molecule has 0 fully saturated rings. The highest BCUT2D eigenvalue weighted by atomic mass is 16.2. The summed E-state index contributed by atoms with van der Waals surface area (Å²) in [4.78, 5) is 16.3. The van der Waals surface area contributed by atoms with Crippen LogP contribution in [0, 0.1) is 0 Å². The van der Waals surface area contributed by atoms with Gasteiger partial charge in [-0.25, -0.2) is 0 Å². The average Bonchev–Trinajstić information content (AvgIpc) is 2.38. The molecule has 108 valence electrons. The fourth-order valence-electron chi connectivity index (χ4n) is 2.08. The van der Waals surface area contributed by atoms with Crippen LogP contribution >= 0.6 is 0 Å². The van der Waals surface area contributed by atoms with E-state index in [1.807, 2.05) is 25.7 Å². The van der Waals surface area contributed by atoms with Gasteiger partial charge in [0.15, 0.2) is 0 Å². The number of carbonyl (C=O) groups is 1. The molecule has 0 aliphatic heterocycles. The quantitative estimate of drug-likeness (QED) is 0.645. The van der Waals surface area contributed by atoms with Gasteiger partial charge in [0.05, 0.1) is 6.04 Å². The van der Waals surface area contributed by atoms with E-state index in [-0.39, 0.29) is 11.9 Å². The number of nitrogens with one attached hydrogen (secondary N) is 1. The van der Waals surface area contributed by atoms with Crippen LogP contribution in [-0.4, -0.2) is 61.0 Å². The number of nitrogens with zero attached hydrogens (tertiary/aromatic N) is 2. The van der Waals surface area contributed by atoms with Gasteiger partial charge in [-0.3, -0.25) is 4.79 Å². The van der Waals surface area contributed by atoms with Crippen molar-refractivity contribution in [3.63, 3.8) is 0 Å². The van der Waals surface area contributed by atoms with Crippen LogP contribution in [0.25, 0.3) is 0 Å². The highest BCUT2D eigenvalue weighted by molar-refractivity contribution is 5.81. The Kier molecular flexibility index (Phi) is 9.98.